The van der Waals surface area contributed by atoms with Crippen molar-refractivity contribution in [2.24, 2.45) is 0 Å². The molecule has 21 heavy (non-hydrogen) atoms. The van der Waals surface area contributed by atoms with Gasteiger partial charge >= 0.3 is 12.0 Å². The molecule has 1 unspecified atom stereocenters. The van der Waals surface area contributed by atoms with Gasteiger partial charge in [-0.15, -0.1) is 0 Å². The lowest BCUT2D eigenvalue weighted by Gasteiger charge is -2.21. The number of carbonyl (C=O) groups excluding carboxylic acids is 1. The fourth-order valence-corrected chi connectivity index (χ4v) is 3.40. The molecule has 1 atom stereocenters. The molecule has 1 aliphatic rings. The molecule has 0 bridgehead atoms. The molecule has 2 rings (SSSR count). The quantitative estimate of drug-likeness (QED) is 0.799. The first-order valence-corrected chi connectivity index (χ1v) is 7.81. The Morgan fingerprint density at radius 1 is 1.38 bits per heavy atom. The van der Waals surface area contributed by atoms with Crippen LogP contribution >= 0.6 is 11.8 Å². The number of nitrogens with one attached hydrogen (secondary N) is 2. The summed E-state index contributed by atoms with van der Waals surface area (Å²) >= 11 is 1.81. The van der Waals surface area contributed by atoms with E-state index in [1.165, 1.54) is 18.6 Å². The van der Waals surface area contributed by atoms with E-state index in [-0.39, 0.29) is 11.3 Å². The highest BCUT2D eigenvalue weighted by Gasteiger charge is 2.18. The molecule has 0 spiro atoms. The fourth-order valence-electron chi connectivity index (χ4n) is 2.16. The average Bonchev–Trinajstić information content (AvgIpc) is 2.48. The molecule has 0 saturated carbocycles. The summed E-state index contributed by atoms with van der Waals surface area (Å²) in [6.07, 6.45) is 3.40. The summed E-state index contributed by atoms with van der Waals surface area (Å²) in [4.78, 5) is 22.8. The number of rotatable bonds is 4. The summed E-state index contributed by atoms with van der Waals surface area (Å²) in [5.41, 5.74) is -0.573. The number of anilines is 1. The number of benzene rings is 1. The maximum atomic E-state index is 13.7. The minimum absolute atomic E-state index is 0.266. The van der Waals surface area contributed by atoms with Crippen molar-refractivity contribution in [3.8, 4) is 0 Å². The third-order valence-corrected chi connectivity index (χ3v) is 4.64. The third kappa shape index (κ3) is 4.35. The van der Waals surface area contributed by atoms with E-state index in [1.54, 1.807) is 0 Å². The Morgan fingerprint density at radius 2 is 2.19 bits per heavy atom. The molecule has 1 saturated heterocycles. The first-order chi connectivity index (χ1) is 10.1. The predicted octanol–water partition coefficient (Wildman–Crippen LogP) is 2.93. The lowest BCUT2D eigenvalue weighted by atomic mass is 10.1. The number of urea groups is 1. The molecule has 114 valence electrons. The van der Waals surface area contributed by atoms with E-state index in [2.05, 4.69) is 10.6 Å². The highest BCUT2D eigenvalue weighted by Crippen LogP contribution is 2.24. The second-order valence-corrected chi connectivity index (χ2v) is 6.20. The zero-order valence-electron chi connectivity index (χ0n) is 11.4. The lowest BCUT2D eigenvalue weighted by molar-refractivity contribution is 0.0697. The molecular weight excluding hydrogens is 295 g/mol. The number of carbonyl (C=O) groups is 2. The predicted molar refractivity (Wildman–Crippen MR) is 80.5 cm³/mol. The Balaban J connectivity index is 1.94. The van der Waals surface area contributed by atoms with Gasteiger partial charge in [0.1, 0.15) is 5.82 Å². The standard InChI is InChI=1S/C14H17FN2O3S/c15-11-6-3-5-10(13(18)19)12(11)17-14(20)16-8-9-4-1-2-7-21-9/h3,5-6,9H,1-2,4,7-8H2,(H,18,19)(H2,16,17,20). The summed E-state index contributed by atoms with van der Waals surface area (Å²) < 4.78 is 13.7. The Morgan fingerprint density at radius 3 is 2.86 bits per heavy atom. The van der Waals surface area contributed by atoms with Crippen LogP contribution < -0.4 is 10.6 Å². The van der Waals surface area contributed by atoms with Gasteiger partial charge in [0.2, 0.25) is 0 Å². The van der Waals surface area contributed by atoms with Gasteiger partial charge in [0.25, 0.3) is 0 Å². The first kappa shape index (κ1) is 15.6. The Bertz CT molecular complexity index is 533. The van der Waals surface area contributed by atoms with Crippen LogP contribution in [0.1, 0.15) is 29.6 Å². The molecule has 7 heteroatoms. The Hall–Kier alpha value is -1.76. The van der Waals surface area contributed by atoms with Crippen LogP contribution in [-0.2, 0) is 0 Å². The summed E-state index contributed by atoms with van der Waals surface area (Å²) in [5.74, 6) is -0.963. The second kappa shape index (κ2) is 7.31. The molecule has 0 radical (unpaired) electrons. The highest BCUT2D eigenvalue weighted by molar-refractivity contribution is 7.99. The van der Waals surface area contributed by atoms with Gasteiger partial charge in [-0.2, -0.15) is 11.8 Å². The van der Waals surface area contributed by atoms with Crippen LogP contribution in [0.2, 0.25) is 0 Å². The van der Waals surface area contributed by atoms with E-state index in [9.17, 15) is 14.0 Å². The monoisotopic (exact) mass is 312 g/mol. The Kier molecular flexibility index (Phi) is 5.44. The maximum absolute atomic E-state index is 13.7. The number of halogens is 1. The van der Waals surface area contributed by atoms with Crippen molar-refractivity contribution in [1.29, 1.82) is 0 Å². The van der Waals surface area contributed by atoms with Gasteiger partial charge in [0, 0.05) is 11.8 Å². The number of thioether (sulfide) groups is 1. The molecule has 1 aromatic rings. The van der Waals surface area contributed by atoms with Crippen molar-refractivity contribution < 1.29 is 19.1 Å². The van der Waals surface area contributed by atoms with Gasteiger partial charge in [-0.3, -0.25) is 0 Å². The number of amides is 2. The van der Waals surface area contributed by atoms with Crippen LogP contribution in [0.25, 0.3) is 0 Å². The van der Waals surface area contributed by atoms with Crippen LogP contribution in [0.4, 0.5) is 14.9 Å². The fraction of sp³-hybridized carbons (Fsp3) is 0.429. The van der Waals surface area contributed by atoms with Crippen molar-refractivity contribution in [2.75, 3.05) is 17.6 Å². The number of hydrogen-bond acceptors (Lipinski definition) is 3. The number of carboxylic acid groups (broad SMARTS) is 1. The van der Waals surface area contributed by atoms with Crippen LogP contribution in [0.3, 0.4) is 0 Å². The molecule has 0 aromatic heterocycles. The van der Waals surface area contributed by atoms with Gasteiger partial charge in [-0.05, 0) is 30.7 Å². The van der Waals surface area contributed by atoms with Gasteiger partial charge in [-0.25, -0.2) is 14.0 Å². The minimum atomic E-state index is -1.28. The van der Waals surface area contributed by atoms with E-state index in [0.717, 1.165) is 24.7 Å². The highest BCUT2D eigenvalue weighted by atomic mass is 32.2. The Labute approximate surface area is 126 Å². The summed E-state index contributed by atoms with van der Waals surface area (Å²) in [6.45, 7) is 0.493. The third-order valence-electron chi connectivity index (χ3n) is 3.25. The number of hydrogen-bond donors (Lipinski definition) is 3. The molecule has 0 aliphatic carbocycles. The van der Waals surface area contributed by atoms with Crippen LogP contribution in [0.5, 0.6) is 0 Å². The molecule has 2 amide bonds. The SMILES string of the molecule is O=C(NCC1CCCCS1)Nc1c(F)cccc1C(=O)O. The van der Waals surface area contributed by atoms with Gasteiger partial charge < -0.3 is 15.7 Å². The minimum Gasteiger partial charge on any atom is -0.478 e. The topological polar surface area (TPSA) is 78.4 Å². The van der Waals surface area contributed by atoms with Gasteiger partial charge in [0.05, 0.1) is 11.3 Å². The summed E-state index contributed by atoms with van der Waals surface area (Å²) in [5, 5.41) is 14.3. The van der Waals surface area contributed by atoms with Crippen molar-refractivity contribution in [3.05, 3.63) is 29.6 Å². The normalized spacial score (nSPS) is 18.0. The smallest absolute Gasteiger partial charge is 0.337 e. The molecule has 1 aromatic carbocycles. The van der Waals surface area contributed by atoms with Crippen LogP contribution in [0, 0.1) is 5.82 Å². The molecule has 1 aliphatic heterocycles. The van der Waals surface area contributed by atoms with Crippen molar-refractivity contribution in [3.63, 3.8) is 0 Å². The molecule has 1 heterocycles. The van der Waals surface area contributed by atoms with Crippen molar-refractivity contribution >= 4 is 29.4 Å². The number of carboxylic acids is 1. The summed E-state index contributed by atoms with van der Waals surface area (Å²) in [6, 6.07) is 3.06. The van der Waals surface area contributed by atoms with Crippen molar-refractivity contribution in [2.45, 2.75) is 24.5 Å². The van der Waals surface area contributed by atoms with E-state index in [1.807, 2.05) is 11.8 Å². The van der Waals surface area contributed by atoms with Crippen LogP contribution in [-0.4, -0.2) is 34.7 Å². The zero-order chi connectivity index (χ0) is 15.2. The van der Waals surface area contributed by atoms with E-state index in [0.29, 0.717) is 11.8 Å². The number of para-hydroxylation sites is 1. The molecule has 3 N–H and O–H groups in total. The molecule has 1 fully saturated rings. The zero-order valence-corrected chi connectivity index (χ0v) is 12.2. The largest absolute Gasteiger partial charge is 0.478 e. The number of aromatic carboxylic acids is 1. The second-order valence-electron chi connectivity index (χ2n) is 4.79. The van der Waals surface area contributed by atoms with Crippen molar-refractivity contribution in [1.82, 2.24) is 5.32 Å². The van der Waals surface area contributed by atoms with E-state index in [4.69, 9.17) is 5.11 Å². The average molecular weight is 312 g/mol. The first-order valence-electron chi connectivity index (χ1n) is 6.76. The molecular formula is C14H17FN2O3S. The van der Waals surface area contributed by atoms with Gasteiger partial charge in [0.15, 0.2) is 0 Å². The van der Waals surface area contributed by atoms with Gasteiger partial charge in [-0.1, -0.05) is 12.5 Å². The molecule has 5 nitrogen and oxygen atoms in total. The summed E-state index contributed by atoms with van der Waals surface area (Å²) in [7, 11) is 0. The van der Waals surface area contributed by atoms with Crippen LogP contribution in [0.15, 0.2) is 18.2 Å². The van der Waals surface area contributed by atoms with E-state index >= 15 is 0 Å². The van der Waals surface area contributed by atoms with E-state index < -0.39 is 17.8 Å². The maximum Gasteiger partial charge on any atom is 0.337 e. The lowest BCUT2D eigenvalue weighted by Crippen LogP contribution is -2.35.